The average molecular weight is 418 g/mol. The summed E-state index contributed by atoms with van der Waals surface area (Å²) in [5.41, 5.74) is 1.89. The molecule has 1 N–H and O–H groups in total. The van der Waals surface area contributed by atoms with Gasteiger partial charge in [0.2, 0.25) is 0 Å². The normalized spacial score (nSPS) is 11.0. The molecule has 0 radical (unpaired) electrons. The summed E-state index contributed by atoms with van der Waals surface area (Å²) in [5.74, 6) is 0.289. The number of halogens is 3. The van der Waals surface area contributed by atoms with Crippen molar-refractivity contribution in [2.24, 2.45) is 0 Å². The van der Waals surface area contributed by atoms with Crippen LogP contribution in [0.1, 0.15) is 5.56 Å². The zero-order valence-corrected chi connectivity index (χ0v) is 16.2. The van der Waals surface area contributed by atoms with Gasteiger partial charge in [-0.05, 0) is 42.0 Å². The number of fused-ring (bicyclic) bond motifs is 1. The molecule has 4 aromatic rings. The highest BCUT2D eigenvalue weighted by Crippen LogP contribution is 2.31. The number of alkyl halides is 1. The summed E-state index contributed by atoms with van der Waals surface area (Å²) < 4.78 is 27.2. The van der Waals surface area contributed by atoms with E-state index < -0.39 is 11.6 Å². The van der Waals surface area contributed by atoms with Crippen LogP contribution < -0.4 is 10.2 Å². The number of anilines is 4. The number of hydrogen-bond acceptors (Lipinski definition) is 6. The fourth-order valence-corrected chi connectivity index (χ4v) is 3.67. The zero-order valence-electron chi connectivity index (χ0n) is 14.7. The van der Waals surface area contributed by atoms with Crippen molar-refractivity contribution in [2.75, 3.05) is 17.3 Å². The van der Waals surface area contributed by atoms with E-state index in [2.05, 4.69) is 20.3 Å². The highest BCUT2D eigenvalue weighted by Gasteiger charge is 2.14. The van der Waals surface area contributed by atoms with Crippen molar-refractivity contribution in [3.63, 3.8) is 0 Å². The molecule has 0 fully saturated rings. The Kier molecular flexibility index (Phi) is 5.06. The van der Waals surface area contributed by atoms with Crippen LogP contribution in [0.15, 0.2) is 48.7 Å². The summed E-state index contributed by atoms with van der Waals surface area (Å²) in [4.78, 5) is 15.5. The lowest BCUT2D eigenvalue weighted by Gasteiger charge is -2.18. The maximum atomic E-state index is 14.1. The van der Waals surface area contributed by atoms with Gasteiger partial charge in [0, 0.05) is 25.2 Å². The van der Waals surface area contributed by atoms with Crippen LogP contribution in [0.4, 0.5) is 31.2 Å². The van der Waals surface area contributed by atoms with Crippen molar-refractivity contribution in [2.45, 2.75) is 5.88 Å². The lowest BCUT2D eigenvalue weighted by atomic mass is 10.2. The molecule has 0 aliphatic rings. The molecule has 3 heterocycles. The third kappa shape index (κ3) is 3.74. The lowest BCUT2D eigenvalue weighted by molar-refractivity contribution is 0.583. The standard InChI is InChI=1S/C19H14ClF2N5S/c1-27(15-4-2-12(21)9-13(15)22)17-5-3-14-18(26-17)28-19(24-14)25-16-8-11(10-20)6-7-23-16/h2-9H,10H2,1H3,(H,23,24,25). The Morgan fingerprint density at radius 3 is 2.75 bits per heavy atom. The third-order valence-corrected chi connectivity index (χ3v) is 5.26. The molecule has 0 amide bonds. The third-order valence-electron chi connectivity index (χ3n) is 4.07. The molecule has 142 valence electrons. The molecule has 0 aliphatic carbocycles. The number of nitrogens with one attached hydrogen (secondary N) is 1. The summed E-state index contributed by atoms with van der Waals surface area (Å²) in [6.07, 6.45) is 1.68. The Balaban J connectivity index is 1.62. The van der Waals surface area contributed by atoms with Crippen molar-refractivity contribution in [1.29, 1.82) is 0 Å². The molecule has 9 heteroatoms. The number of hydrogen-bond donors (Lipinski definition) is 1. The van der Waals surface area contributed by atoms with E-state index >= 15 is 0 Å². The predicted octanol–water partition coefficient (Wildman–Crippen LogP) is 5.61. The van der Waals surface area contributed by atoms with Crippen LogP contribution >= 0.6 is 22.9 Å². The fourth-order valence-electron chi connectivity index (χ4n) is 2.66. The van der Waals surface area contributed by atoms with Crippen LogP contribution in [0.3, 0.4) is 0 Å². The van der Waals surface area contributed by atoms with Crippen LogP contribution in [0, 0.1) is 11.6 Å². The van der Waals surface area contributed by atoms with Gasteiger partial charge < -0.3 is 10.2 Å². The molecule has 5 nitrogen and oxygen atoms in total. The Labute approximate surface area is 168 Å². The monoisotopic (exact) mass is 417 g/mol. The van der Waals surface area contributed by atoms with E-state index in [1.54, 1.807) is 30.3 Å². The molecule has 1 aromatic carbocycles. The smallest absolute Gasteiger partial charge is 0.190 e. The minimum atomic E-state index is -0.652. The molecule has 28 heavy (non-hydrogen) atoms. The molecule has 0 aliphatic heterocycles. The van der Waals surface area contributed by atoms with Crippen molar-refractivity contribution < 1.29 is 8.78 Å². The molecule has 0 spiro atoms. The Morgan fingerprint density at radius 2 is 1.96 bits per heavy atom. The molecule has 0 saturated carbocycles. The largest absolute Gasteiger partial charge is 0.327 e. The maximum absolute atomic E-state index is 14.1. The first kappa shape index (κ1) is 18.5. The van der Waals surface area contributed by atoms with Gasteiger partial charge in [-0.25, -0.2) is 23.7 Å². The van der Waals surface area contributed by atoms with Gasteiger partial charge in [-0.3, -0.25) is 0 Å². The number of nitrogens with zero attached hydrogens (tertiary/aromatic N) is 4. The van der Waals surface area contributed by atoms with Crippen molar-refractivity contribution in [1.82, 2.24) is 15.0 Å². The van der Waals surface area contributed by atoms with E-state index in [1.807, 2.05) is 12.1 Å². The molecular weight excluding hydrogens is 404 g/mol. The van der Waals surface area contributed by atoms with E-state index in [9.17, 15) is 8.78 Å². The van der Waals surface area contributed by atoms with E-state index in [1.165, 1.54) is 23.5 Å². The summed E-state index contributed by atoms with van der Waals surface area (Å²) in [5, 5.41) is 3.78. The van der Waals surface area contributed by atoms with E-state index in [0.29, 0.717) is 33.0 Å². The molecule has 4 rings (SSSR count). The second-order valence-corrected chi connectivity index (χ2v) is 7.22. The van der Waals surface area contributed by atoms with Gasteiger partial charge in [0.25, 0.3) is 0 Å². The topological polar surface area (TPSA) is 53.9 Å². The van der Waals surface area contributed by atoms with E-state index in [0.717, 1.165) is 11.6 Å². The Hall–Kier alpha value is -2.84. The minimum absolute atomic E-state index is 0.234. The maximum Gasteiger partial charge on any atom is 0.190 e. The first-order valence-corrected chi connectivity index (χ1v) is 9.63. The minimum Gasteiger partial charge on any atom is -0.327 e. The van der Waals surface area contributed by atoms with Crippen LogP contribution in [0.25, 0.3) is 10.3 Å². The molecule has 0 saturated heterocycles. The quantitative estimate of drug-likeness (QED) is 0.427. The van der Waals surface area contributed by atoms with Crippen LogP contribution in [-0.2, 0) is 5.88 Å². The van der Waals surface area contributed by atoms with Gasteiger partial charge in [-0.2, -0.15) is 0 Å². The van der Waals surface area contributed by atoms with Gasteiger partial charge in [0.1, 0.15) is 33.6 Å². The Bertz CT molecular complexity index is 1150. The van der Waals surface area contributed by atoms with Gasteiger partial charge in [-0.15, -0.1) is 11.6 Å². The number of benzene rings is 1. The second kappa shape index (κ2) is 7.65. The summed E-state index contributed by atoms with van der Waals surface area (Å²) >= 11 is 7.20. The van der Waals surface area contributed by atoms with Crippen LogP contribution in [-0.4, -0.2) is 22.0 Å². The first-order valence-electron chi connectivity index (χ1n) is 8.28. The number of pyridine rings is 2. The van der Waals surface area contributed by atoms with Crippen molar-refractivity contribution in [3.05, 3.63) is 65.9 Å². The van der Waals surface area contributed by atoms with Crippen LogP contribution in [0.2, 0.25) is 0 Å². The van der Waals surface area contributed by atoms with Gasteiger partial charge in [0.05, 0.1) is 5.69 Å². The lowest BCUT2D eigenvalue weighted by Crippen LogP contribution is -2.12. The SMILES string of the molecule is CN(c1ccc2nc(Nc3cc(CCl)ccn3)sc2n1)c1ccc(F)cc1F. The first-order chi connectivity index (χ1) is 13.5. The van der Waals surface area contributed by atoms with E-state index in [-0.39, 0.29) is 5.69 Å². The number of aromatic nitrogens is 3. The van der Waals surface area contributed by atoms with Gasteiger partial charge in [0.15, 0.2) is 5.13 Å². The van der Waals surface area contributed by atoms with Crippen LogP contribution in [0.5, 0.6) is 0 Å². The predicted molar refractivity (Wildman–Crippen MR) is 109 cm³/mol. The van der Waals surface area contributed by atoms with Crippen molar-refractivity contribution >= 4 is 55.7 Å². The molecule has 0 bridgehead atoms. The fraction of sp³-hybridized carbons (Fsp3) is 0.105. The molecular formula is C19H14ClF2N5S. The number of rotatable bonds is 5. The zero-order chi connectivity index (χ0) is 19.7. The average Bonchev–Trinajstić information content (AvgIpc) is 3.09. The highest BCUT2D eigenvalue weighted by molar-refractivity contribution is 7.21. The number of thiazole rings is 1. The van der Waals surface area contributed by atoms with Gasteiger partial charge in [-0.1, -0.05) is 11.3 Å². The Morgan fingerprint density at radius 1 is 1.11 bits per heavy atom. The molecule has 0 atom stereocenters. The summed E-state index contributed by atoms with van der Waals surface area (Å²) in [6.45, 7) is 0. The van der Waals surface area contributed by atoms with E-state index in [4.69, 9.17) is 11.6 Å². The molecule has 0 unspecified atom stereocenters. The second-order valence-electron chi connectivity index (χ2n) is 5.98. The summed E-state index contributed by atoms with van der Waals surface area (Å²) in [7, 11) is 1.67. The van der Waals surface area contributed by atoms with Crippen molar-refractivity contribution in [3.8, 4) is 0 Å². The van der Waals surface area contributed by atoms with Gasteiger partial charge >= 0.3 is 0 Å². The summed E-state index contributed by atoms with van der Waals surface area (Å²) in [6, 6.07) is 10.7. The molecule has 3 aromatic heterocycles. The highest BCUT2D eigenvalue weighted by atomic mass is 35.5.